The average Bonchev–Trinajstić information content (AvgIpc) is 3.10. The summed E-state index contributed by atoms with van der Waals surface area (Å²) in [6.07, 6.45) is 6.98. The van der Waals surface area contributed by atoms with Crippen molar-refractivity contribution >= 4 is 11.9 Å². The first-order chi connectivity index (χ1) is 12.1. The smallest absolute Gasteiger partial charge is 0.303 e. The summed E-state index contributed by atoms with van der Waals surface area (Å²) >= 11 is 0. The summed E-state index contributed by atoms with van der Waals surface area (Å²) < 4.78 is 11.3. The second-order valence-electron chi connectivity index (χ2n) is 6.35. The number of hydrogen-bond donors (Lipinski definition) is 2. The molecule has 0 saturated heterocycles. The third kappa shape index (κ3) is 6.29. The Kier molecular flexibility index (Phi) is 7.57. The van der Waals surface area contributed by atoms with Gasteiger partial charge in [0.1, 0.15) is 0 Å². The van der Waals surface area contributed by atoms with E-state index in [1.54, 1.807) is 25.3 Å². The van der Waals surface area contributed by atoms with Gasteiger partial charge in [-0.25, -0.2) is 0 Å². The van der Waals surface area contributed by atoms with Crippen molar-refractivity contribution in [2.45, 2.75) is 57.5 Å². The number of benzene rings is 1. The number of hydrogen-bond acceptors (Lipinski definition) is 4. The first-order valence-electron chi connectivity index (χ1n) is 8.95. The molecule has 1 aromatic carbocycles. The number of nitrogens with one attached hydrogen (secondary N) is 1. The molecule has 1 aromatic rings. The molecule has 0 bridgehead atoms. The maximum atomic E-state index is 12.3. The Bertz CT molecular complexity index is 581. The van der Waals surface area contributed by atoms with E-state index in [0.29, 0.717) is 30.0 Å². The van der Waals surface area contributed by atoms with E-state index >= 15 is 0 Å². The number of amides is 1. The molecule has 0 heterocycles. The minimum absolute atomic E-state index is 0.155. The first-order valence-corrected chi connectivity index (χ1v) is 8.95. The SMILES string of the molecule is COc1ccc(C(=O)NCCCCCC(=O)O)cc1OC1CCCC1. The van der Waals surface area contributed by atoms with Crippen LogP contribution in [0.15, 0.2) is 18.2 Å². The van der Waals surface area contributed by atoms with Crippen LogP contribution in [0.1, 0.15) is 61.7 Å². The second-order valence-corrected chi connectivity index (χ2v) is 6.35. The molecule has 1 fully saturated rings. The first kappa shape index (κ1) is 19.1. The molecule has 138 valence electrons. The monoisotopic (exact) mass is 349 g/mol. The highest BCUT2D eigenvalue weighted by Crippen LogP contribution is 2.32. The van der Waals surface area contributed by atoms with Gasteiger partial charge in [0.05, 0.1) is 13.2 Å². The minimum Gasteiger partial charge on any atom is -0.493 e. The average molecular weight is 349 g/mol. The molecule has 0 aromatic heterocycles. The summed E-state index contributed by atoms with van der Waals surface area (Å²) in [5, 5.41) is 11.4. The number of carbonyl (C=O) groups excluding carboxylic acids is 1. The Morgan fingerprint density at radius 2 is 1.92 bits per heavy atom. The van der Waals surface area contributed by atoms with Crippen molar-refractivity contribution in [1.29, 1.82) is 0 Å². The van der Waals surface area contributed by atoms with E-state index in [1.165, 1.54) is 12.8 Å². The number of unbranched alkanes of at least 4 members (excludes halogenated alkanes) is 2. The van der Waals surface area contributed by atoms with Crippen LogP contribution in [-0.2, 0) is 4.79 Å². The molecule has 0 spiro atoms. The number of carboxylic acid groups (broad SMARTS) is 1. The molecule has 6 nitrogen and oxygen atoms in total. The van der Waals surface area contributed by atoms with Crippen LogP contribution < -0.4 is 14.8 Å². The van der Waals surface area contributed by atoms with Crippen molar-refractivity contribution in [3.63, 3.8) is 0 Å². The van der Waals surface area contributed by atoms with E-state index in [9.17, 15) is 9.59 Å². The third-order valence-corrected chi connectivity index (χ3v) is 4.37. The van der Waals surface area contributed by atoms with Crippen LogP contribution in [0.3, 0.4) is 0 Å². The fourth-order valence-electron chi connectivity index (χ4n) is 2.98. The number of carbonyl (C=O) groups is 2. The largest absolute Gasteiger partial charge is 0.493 e. The third-order valence-electron chi connectivity index (χ3n) is 4.37. The van der Waals surface area contributed by atoms with Crippen molar-refractivity contribution in [3.8, 4) is 11.5 Å². The Labute approximate surface area is 148 Å². The van der Waals surface area contributed by atoms with Crippen molar-refractivity contribution in [2.24, 2.45) is 0 Å². The van der Waals surface area contributed by atoms with Crippen LogP contribution in [0.4, 0.5) is 0 Å². The van der Waals surface area contributed by atoms with Gasteiger partial charge < -0.3 is 19.9 Å². The highest BCUT2D eigenvalue weighted by atomic mass is 16.5. The van der Waals surface area contributed by atoms with Gasteiger partial charge in [-0.15, -0.1) is 0 Å². The molecular formula is C19H27NO5. The zero-order valence-corrected chi connectivity index (χ0v) is 14.8. The Balaban J connectivity index is 1.85. The summed E-state index contributed by atoms with van der Waals surface area (Å²) in [5.41, 5.74) is 0.541. The molecule has 1 saturated carbocycles. The number of rotatable bonds is 10. The van der Waals surface area contributed by atoms with Gasteiger partial charge >= 0.3 is 5.97 Å². The van der Waals surface area contributed by atoms with E-state index in [-0.39, 0.29) is 18.4 Å². The van der Waals surface area contributed by atoms with Gasteiger partial charge in [-0.3, -0.25) is 9.59 Å². The summed E-state index contributed by atoms with van der Waals surface area (Å²) in [6.45, 7) is 0.531. The van der Waals surface area contributed by atoms with Gasteiger partial charge in [0.2, 0.25) is 0 Å². The standard InChI is InChI=1S/C19H27NO5/c1-24-16-11-10-14(13-17(16)25-15-7-4-5-8-15)19(23)20-12-6-2-3-9-18(21)22/h10-11,13,15H,2-9,12H2,1H3,(H,20,23)(H,21,22). The molecule has 2 N–H and O–H groups in total. The minimum atomic E-state index is -0.780. The lowest BCUT2D eigenvalue weighted by Gasteiger charge is -2.16. The number of methoxy groups -OCH3 is 1. The summed E-state index contributed by atoms with van der Waals surface area (Å²) in [5.74, 6) is 0.315. The van der Waals surface area contributed by atoms with Crippen molar-refractivity contribution in [3.05, 3.63) is 23.8 Å². The van der Waals surface area contributed by atoms with Crippen LogP contribution in [-0.4, -0.2) is 36.7 Å². The Morgan fingerprint density at radius 3 is 2.60 bits per heavy atom. The van der Waals surface area contributed by atoms with Crippen LogP contribution in [0.2, 0.25) is 0 Å². The molecule has 1 amide bonds. The molecule has 2 rings (SSSR count). The number of ether oxygens (including phenoxy) is 2. The van der Waals surface area contributed by atoms with Crippen LogP contribution in [0.5, 0.6) is 11.5 Å². The summed E-state index contributed by atoms with van der Waals surface area (Å²) in [7, 11) is 1.59. The van der Waals surface area contributed by atoms with E-state index in [1.807, 2.05) is 0 Å². The van der Waals surface area contributed by atoms with Gasteiger partial charge in [-0.05, 0) is 56.7 Å². The molecule has 25 heavy (non-hydrogen) atoms. The number of aliphatic carboxylic acids is 1. The molecular weight excluding hydrogens is 322 g/mol. The molecule has 1 aliphatic rings. The topological polar surface area (TPSA) is 84.9 Å². The molecule has 0 unspecified atom stereocenters. The van der Waals surface area contributed by atoms with Gasteiger partial charge in [0, 0.05) is 18.5 Å². The van der Waals surface area contributed by atoms with Crippen molar-refractivity contribution < 1.29 is 24.2 Å². The maximum absolute atomic E-state index is 12.3. The predicted octanol–water partition coefficient (Wildman–Crippen LogP) is 3.39. The van der Waals surface area contributed by atoms with E-state index < -0.39 is 5.97 Å². The molecule has 0 aliphatic heterocycles. The van der Waals surface area contributed by atoms with Crippen LogP contribution in [0, 0.1) is 0 Å². The van der Waals surface area contributed by atoms with Crippen LogP contribution >= 0.6 is 0 Å². The normalized spacial score (nSPS) is 14.3. The molecule has 0 radical (unpaired) electrons. The Hall–Kier alpha value is -2.24. The fraction of sp³-hybridized carbons (Fsp3) is 0.579. The zero-order valence-electron chi connectivity index (χ0n) is 14.8. The molecule has 6 heteroatoms. The lowest BCUT2D eigenvalue weighted by atomic mass is 10.1. The fourth-order valence-corrected chi connectivity index (χ4v) is 2.98. The van der Waals surface area contributed by atoms with Crippen molar-refractivity contribution in [1.82, 2.24) is 5.32 Å². The predicted molar refractivity (Wildman–Crippen MR) is 94.3 cm³/mol. The summed E-state index contributed by atoms with van der Waals surface area (Å²) in [4.78, 5) is 22.7. The highest BCUT2D eigenvalue weighted by Gasteiger charge is 2.19. The Morgan fingerprint density at radius 1 is 1.16 bits per heavy atom. The lowest BCUT2D eigenvalue weighted by molar-refractivity contribution is -0.137. The second kappa shape index (κ2) is 9.91. The lowest BCUT2D eigenvalue weighted by Crippen LogP contribution is -2.24. The van der Waals surface area contributed by atoms with E-state index in [0.717, 1.165) is 25.7 Å². The van der Waals surface area contributed by atoms with Gasteiger partial charge in [-0.2, -0.15) is 0 Å². The van der Waals surface area contributed by atoms with Gasteiger partial charge in [-0.1, -0.05) is 6.42 Å². The zero-order chi connectivity index (χ0) is 18.1. The van der Waals surface area contributed by atoms with Crippen molar-refractivity contribution in [2.75, 3.05) is 13.7 Å². The van der Waals surface area contributed by atoms with E-state index in [2.05, 4.69) is 5.32 Å². The maximum Gasteiger partial charge on any atom is 0.303 e. The highest BCUT2D eigenvalue weighted by molar-refractivity contribution is 5.94. The molecule has 0 atom stereocenters. The van der Waals surface area contributed by atoms with Gasteiger partial charge in [0.15, 0.2) is 11.5 Å². The van der Waals surface area contributed by atoms with E-state index in [4.69, 9.17) is 14.6 Å². The van der Waals surface area contributed by atoms with Crippen LogP contribution in [0.25, 0.3) is 0 Å². The van der Waals surface area contributed by atoms with Gasteiger partial charge in [0.25, 0.3) is 5.91 Å². The quantitative estimate of drug-likeness (QED) is 0.633. The number of carboxylic acids is 1. The molecule has 1 aliphatic carbocycles. The summed E-state index contributed by atoms with van der Waals surface area (Å²) in [6, 6.07) is 5.21.